The summed E-state index contributed by atoms with van der Waals surface area (Å²) in [5.41, 5.74) is 2.15. The topological polar surface area (TPSA) is 29.5 Å². The van der Waals surface area contributed by atoms with Crippen LogP contribution in [-0.2, 0) is 11.3 Å². The van der Waals surface area contributed by atoms with Crippen molar-refractivity contribution in [3.63, 3.8) is 0 Å². The Morgan fingerprint density at radius 2 is 1.76 bits per heavy atom. The summed E-state index contributed by atoms with van der Waals surface area (Å²) in [5.74, 6) is 0. The molecular weight excluding hydrogens is 260 g/mol. The van der Waals surface area contributed by atoms with Crippen molar-refractivity contribution >= 4 is 6.08 Å². The van der Waals surface area contributed by atoms with E-state index >= 15 is 0 Å². The van der Waals surface area contributed by atoms with Crippen LogP contribution < -0.4 is 0 Å². The van der Waals surface area contributed by atoms with E-state index in [2.05, 4.69) is 13.5 Å². The summed E-state index contributed by atoms with van der Waals surface area (Å²) in [4.78, 5) is 0. The van der Waals surface area contributed by atoms with Crippen molar-refractivity contribution < 1.29 is 9.84 Å². The van der Waals surface area contributed by atoms with Crippen LogP contribution in [0.3, 0.4) is 0 Å². The summed E-state index contributed by atoms with van der Waals surface area (Å²) in [6, 6.07) is 7.98. The van der Waals surface area contributed by atoms with E-state index in [0.29, 0.717) is 6.61 Å². The highest BCUT2D eigenvalue weighted by Gasteiger charge is 2.06. The summed E-state index contributed by atoms with van der Waals surface area (Å²) < 4.78 is 5.52. The van der Waals surface area contributed by atoms with E-state index in [1.165, 1.54) is 38.5 Å². The minimum atomic E-state index is -0.654. The molecule has 21 heavy (non-hydrogen) atoms. The fraction of sp³-hybridized carbons (Fsp3) is 0.579. The third-order valence-corrected chi connectivity index (χ3v) is 3.76. The molecule has 0 bridgehead atoms. The third-order valence-electron chi connectivity index (χ3n) is 3.76. The molecule has 0 fully saturated rings. The van der Waals surface area contributed by atoms with Crippen molar-refractivity contribution in [1.82, 2.24) is 0 Å². The van der Waals surface area contributed by atoms with Crippen molar-refractivity contribution in [3.8, 4) is 0 Å². The zero-order valence-electron chi connectivity index (χ0n) is 13.4. The summed E-state index contributed by atoms with van der Waals surface area (Å²) in [5, 5.41) is 9.87. The SMILES string of the molecule is C=Cc1ccccc1COC(O)CCCCCCCCC. The Kier molecular flexibility index (Phi) is 9.84. The maximum absolute atomic E-state index is 9.87. The molecule has 0 spiro atoms. The van der Waals surface area contributed by atoms with Gasteiger partial charge in [-0.15, -0.1) is 0 Å². The van der Waals surface area contributed by atoms with Gasteiger partial charge in [-0.1, -0.05) is 82.4 Å². The highest BCUT2D eigenvalue weighted by Crippen LogP contribution is 2.14. The van der Waals surface area contributed by atoms with Gasteiger partial charge in [0, 0.05) is 0 Å². The highest BCUT2D eigenvalue weighted by molar-refractivity contribution is 5.51. The number of unbranched alkanes of at least 4 members (excludes halogenated alkanes) is 6. The van der Waals surface area contributed by atoms with E-state index in [1.807, 2.05) is 30.3 Å². The molecule has 0 aliphatic carbocycles. The Bertz CT molecular complexity index is 387. The molecule has 0 saturated carbocycles. The predicted molar refractivity (Wildman–Crippen MR) is 89.9 cm³/mol. The minimum absolute atomic E-state index is 0.444. The number of benzene rings is 1. The standard InChI is InChI=1S/C19H30O2/c1-3-5-6-7-8-9-10-15-19(20)21-16-18-14-12-11-13-17(18)4-2/h4,11-14,19-20H,2-3,5-10,15-16H2,1H3. The molecule has 1 aromatic rings. The summed E-state index contributed by atoms with van der Waals surface area (Å²) >= 11 is 0. The van der Waals surface area contributed by atoms with Crippen LogP contribution in [-0.4, -0.2) is 11.4 Å². The number of hydrogen-bond donors (Lipinski definition) is 1. The van der Waals surface area contributed by atoms with Crippen LogP contribution in [0, 0.1) is 0 Å². The van der Waals surface area contributed by atoms with Crippen LogP contribution in [0.1, 0.15) is 69.4 Å². The average molecular weight is 290 g/mol. The van der Waals surface area contributed by atoms with Crippen LogP contribution in [0.15, 0.2) is 30.8 Å². The first-order chi connectivity index (χ1) is 10.3. The molecule has 1 rings (SSSR count). The largest absolute Gasteiger partial charge is 0.368 e. The van der Waals surface area contributed by atoms with Crippen molar-refractivity contribution in [2.45, 2.75) is 71.2 Å². The highest BCUT2D eigenvalue weighted by atomic mass is 16.6. The van der Waals surface area contributed by atoms with Crippen LogP contribution in [0.25, 0.3) is 6.08 Å². The predicted octanol–water partition coefficient (Wildman–Crippen LogP) is 5.31. The Hall–Kier alpha value is -1.12. The molecule has 0 radical (unpaired) electrons. The Labute approximate surface area is 129 Å². The maximum atomic E-state index is 9.87. The van der Waals surface area contributed by atoms with Gasteiger partial charge in [0.2, 0.25) is 0 Å². The average Bonchev–Trinajstić information content (AvgIpc) is 2.52. The van der Waals surface area contributed by atoms with Crippen LogP contribution in [0.5, 0.6) is 0 Å². The van der Waals surface area contributed by atoms with Crippen LogP contribution in [0.4, 0.5) is 0 Å². The second kappa shape index (κ2) is 11.5. The van der Waals surface area contributed by atoms with Crippen LogP contribution in [0.2, 0.25) is 0 Å². The Morgan fingerprint density at radius 3 is 2.48 bits per heavy atom. The molecule has 1 unspecified atom stereocenters. The second-order valence-electron chi connectivity index (χ2n) is 5.58. The van der Waals surface area contributed by atoms with Gasteiger partial charge in [-0.25, -0.2) is 0 Å². The molecule has 0 aliphatic heterocycles. The Morgan fingerprint density at radius 1 is 1.10 bits per heavy atom. The summed E-state index contributed by atoms with van der Waals surface area (Å²) in [6.45, 7) is 6.47. The quantitative estimate of drug-likeness (QED) is 0.418. The number of hydrogen-bond acceptors (Lipinski definition) is 2. The van der Waals surface area contributed by atoms with E-state index in [1.54, 1.807) is 0 Å². The lowest BCUT2D eigenvalue weighted by atomic mass is 10.1. The van der Waals surface area contributed by atoms with Gasteiger partial charge in [-0.2, -0.15) is 0 Å². The van der Waals surface area contributed by atoms with Crippen molar-refractivity contribution in [2.24, 2.45) is 0 Å². The molecule has 1 atom stereocenters. The van der Waals surface area contributed by atoms with Gasteiger partial charge < -0.3 is 9.84 Å². The molecule has 2 heteroatoms. The smallest absolute Gasteiger partial charge is 0.154 e. The fourth-order valence-electron chi connectivity index (χ4n) is 2.41. The lowest BCUT2D eigenvalue weighted by molar-refractivity contribution is -0.112. The molecule has 0 aromatic heterocycles. The normalized spacial score (nSPS) is 12.3. The van der Waals surface area contributed by atoms with E-state index in [-0.39, 0.29) is 0 Å². The molecular formula is C19H30O2. The molecule has 1 aromatic carbocycles. The van der Waals surface area contributed by atoms with Crippen LogP contribution >= 0.6 is 0 Å². The van der Waals surface area contributed by atoms with Gasteiger partial charge in [0.1, 0.15) is 0 Å². The fourth-order valence-corrected chi connectivity index (χ4v) is 2.41. The van der Waals surface area contributed by atoms with E-state index in [4.69, 9.17) is 4.74 Å². The van der Waals surface area contributed by atoms with Crippen molar-refractivity contribution in [2.75, 3.05) is 0 Å². The van der Waals surface area contributed by atoms with E-state index in [0.717, 1.165) is 24.0 Å². The monoisotopic (exact) mass is 290 g/mol. The minimum Gasteiger partial charge on any atom is -0.368 e. The zero-order chi connectivity index (χ0) is 15.3. The Balaban J connectivity index is 2.11. The van der Waals surface area contributed by atoms with Gasteiger partial charge in [0.25, 0.3) is 0 Å². The van der Waals surface area contributed by atoms with Crippen molar-refractivity contribution in [1.29, 1.82) is 0 Å². The number of ether oxygens (including phenoxy) is 1. The van der Waals surface area contributed by atoms with E-state index in [9.17, 15) is 5.11 Å². The second-order valence-corrected chi connectivity index (χ2v) is 5.58. The molecule has 0 amide bonds. The maximum Gasteiger partial charge on any atom is 0.154 e. The van der Waals surface area contributed by atoms with Gasteiger partial charge in [-0.3, -0.25) is 0 Å². The zero-order valence-corrected chi connectivity index (χ0v) is 13.4. The van der Waals surface area contributed by atoms with Gasteiger partial charge in [0.05, 0.1) is 6.61 Å². The molecule has 118 valence electrons. The molecule has 2 nitrogen and oxygen atoms in total. The molecule has 0 aliphatic rings. The number of aliphatic hydroxyl groups excluding tert-OH is 1. The molecule has 1 N–H and O–H groups in total. The van der Waals surface area contributed by atoms with Gasteiger partial charge in [-0.05, 0) is 24.0 Å². The molecule has 0 saturated heterocycles. The lowest BCUT2D eigenvalue weighted by Gasteiger charge is -2.13. The van der Waals surface area contributed by atoms with Gasteiger partial charge >= 0.3 is 0 Å². The first-order valence-electron chi connectivity index (χ1n) is 8.28. The first kappa shape index (κ1) is 17.9. The third kappa shape index (κ3) is 8.03. The summed E-state index contributed by atoms with van der Waals surface area (Å²) in [7, 11) is 0. The van der Waals surface area contributed by atoms with Gasteiger partial charge in [0.15, 0.2) is 6.29 Å². The summed E-state index contributed by atoms with van der Waals surface area (Å²) in [6.07, 6.45) is 10.7. The van der Waals surface area contributed by atoms with E-state index < -0.39 is 6.29 Å². The molecule has 0 heterocycles. The number of rotatable bonds is 12. The first-order valence-corrected chi connectivity index (χ1v) is 8.28. The van der Waals surface area contributed by atoms with Crippen molar-refractivity contribution in [3.05, 3.63) is 42.0 Å². The lowest BCUT2D eigenvalue weighted by Crippen LogP contribution is -2.12. The number of aliphatic hydroxyl groups is 1.